The molecule has 2 aliphatic rings. The van der Waals surface area contributed by atoms with Crippen molar-refractivity contribution in [3.63, 3.8) is 0 Å². The van der Waals surface area contributed by atoms with Crippen molar-refractivity contribution in [1.82, 2.24) is 0 Å². The molecule has 1 aromatic carbocycles. The zero-order chi connectivity index (χ0) is 14.1. The first-order valence-electron chi connectivity index (χ1n) is 6.73. The fraction of sp³-hybridized carbons (Fsp3) is 0.538. The largest absolute Gasteiger partial charge is 0.454 e. The molecule has 0 saturated heterocycles. The Morgan fingerprint density at radius 1 is 1.30 bits per heavy atom. The summed E-state index contributed by atoms with van der Waals surface area (Å²) in [6.45, 7) is 0.101. The van der Waals surface area contributed by atoms with Crippen molar-refractivity contribution in [2.45, 2.75) is 37.8 Å². The number of anilines is 1. The van der Waals surface area contributed by atoms with Gasteiger partial charge in [0.25, 0.3) is 5.69 Å². The van der Waals surface area contributed by atoms with E-state index in [0.717, 1.165) is 25.7 Å². The van der Waals surface area contributed by atoms with Crippen LogP contribution in [0, 0.1) is 10.1 Å². The van der Waals surface area contributed by atoms with Crippen LogP contribution in [0.4, 0.5) is 11.4 Å². The summed E-state index contributed by atoms with van der Waals surface area (Å²) >= 11 is 0. The highest BCUT2D eigenvalue weighted by Gasteiger charge is 2.26. The maximum Gasteiger partial charge on any atom is 0.296 e. The standard InChI is InChI=1S/C13H17N3O4/c14-8-2-1-3-9(4-8)15-10-5-12-13(20-7-19-12)6-11(10)16(17)18/h5-6,8-9,15H,1-4,7,14H2. The highest BCUT2D eigenvalue weighted by atomic mass is 16.7. The predicted molar refractivity (Wildman–Crippen MR) is 73.1 cm³/mol. The molecule has 1 heterocycles. The quantitative estimate of drug-likeness (QED) is 0.648. The Balaban J connectivity index is 1.86. The third-order valence-corrected chi connectivity index (χ3v) is 3.76. The zero-order valence-corrected chi connectivity index (χ0v) is 11.0. The van der Waals surface area contributed by atoms with E-state index in [4.69, 9.17) is 15.2 Å². The second kappa shape index (κ2) is 5.16. The number of nitrogens with one attached hydrogen (secondary N) is 1. The molecule has 7 nitrogen and oxygen atoms in total. The molecule has 0 bridgehead atoms. The molecule has 1 saturated carbocycles. The topological polar surface area (TPSA) is 99.7 Å². The van der Waals surface area contributed by atoms with E-state index in [1.807, 2.05) is 0 Å². The van der Waals surface area contributed by atoms with E-state index >= 15 is 0 Å². The lowest BCUT2D eigenvalue weighted by molar-refractivity contribution is -0.384. The van der Waals surface area contributed by atoms with Crippen LogP contribution in [-0.2, 0) is 0 Å². The van der Waals surface area contributed by atoms with Gasteiger partial charge in [0.05, 0.1) is 11.0 Å². The molecule has 20 heavy (non-hydrogen) atoms. The van der Waals surface area contributed by atoms with Crippen LogP contribution in [0.2, 0.25) is 0 Å². The summed E-state index contributed by atoms with van der Waals surface area (Å²) in [5.41, 5.74) is 6.43. The Bertz CT molecular complexity index is 535. The molecule has 1 fully saturated rings. The summed E-state index contributed by atoms with van der Waals surface area (Å²) in [6.07, 6.45) is 3.85. The van der Waals surface area contributed by atoms with Gasteiger partial charge in [0.2, 0.25) is 6.79 Å². The lowest BCUT2D eigenvalue weighted by Crippen LogP contribution is -2.35. The number of nitrogens with two attached hydrogens (primary N) is 1. The predicted octanol–water partition coefficient (Wildman–Crippen LogP) is 2.01. The van der Waals surface area contributed by atoms with Crippen molar-refractivity contribution in [1.29, 1.82) is 0 Å². The molecule has 7 heteroatoms. The number of rotatable bonds is 3. The molecular formula is C13H17N3O4. The summed E-state index contributed by atoms with van der Waals surface area (Å²) in [7, 11) is 0. The lowest BCUT2D eigenvalue weighted by Gasteiger charge is -2.28. The molecule has 1 aliphatic carbocycles. The maximum absolute atomic E-state index is 11.2. The molecule has 0 radical (unpaired) electrons. The average molecular weight is 279 g/mol. The van der Waals surface area contributed by atoms with Crippen LogP contribution >= 0.6 is 0 Å². The molecule has 3 N–H and O–H groups in total. The minimum atomic E-state index is -0.410. The number of benzene rings is 1. The van der Waals surface area contributed by atoms with Crippen LogP contribution < -0.4 is 20.5 Å². The summed E-state index contributed by atoms with van der Waals surface area (Å²) in [6, 6.07) is 3.38. The van der Waals surface area contributed by atoms with E-state index in [9.17, 15) is 10.1 Å². The summed E-state index contributed by atoms with van der Waals surface area (Å²) < 4.78 is 10.5. The van der Waals surface area contributed by atoms with Gasteiger partial charge >= 0.3 is 0 Å². The molecule has 0 aromatic heterocycles. The first kappa shape index (κ1) is 13.0. The number of nitrogens with zero attached hydrogens (tertiary/aromatic N) is 1. The minimum Gasteiger partial charge on any atom is -0.454 e. The SMILES string of the molecule is NC1CCCC(Nc2cc3c(cc2[N+](=O)[O-])OCO3)C1. The molecule has 1 aromatic rings. The van der Waals surface area contributed by atoms with E-state index in [1.165, 1.54) is 6.07 Å². The highest BCUT2D eigenvalue weighted by molar-refractivity contribution is 5.69. The van der Waals surface area contributed by atoms with Gasteiger partial charge in [0.1, 0.15) is 5.69 Å². The Kier molecular flexibility index (Phi) is 3.35. The van der Waals surface area contributed by atoms with Crippen LogP contribution in [0.15, 0.2) is 12.1 Å². The highest BCUT2D eigenvalue weighted by Crippen LogP contribution is 2.41. The monoisotopic (exact) mass is 279 g/mol. The first-order chi connectivity index (χ1) is 9.63. The van der Waals surface area contributed by atoms with Crippen molar-refractivity contribution in [2.75, 3.05) is 12.1 Å². The lowest BCUT2D eigenvalue weighted by atomic mass is 9.91. The van der Waals surface area contributed by atoms with Crippen LogP contribution in [0.3, 0.4) is 0 Å². The Labute approximate surface area is 116 Å². The fourth-order valence-electron chi connectivity index (χ4n) is 2.78. The Morgan fingerprint density at radius 3 is 2.75 bits per heavy atom. The first-order valence-corrected chi connectivity index (χ1v) is 6.73. The molecule has 108 valence electrons. The van der Waals surface area contributed by atoms with Crippen molar-refractivity contribution < 1.29 is 14.4 Å². The van der Waals surface area contributed by atoms with Gasteiger partial charge < -0.3 is 20.5 Å². The number of nitro benzene ring substituents is 1. The normalized spacial score (nSPS) is 24.4. The molecule has 0 amide bonds. The number of hydrogen-bond acceptors (Lipinski definition) is 6. The number of hydrogen-bond donors (Lipinski definition) is 2. The molecule has 2 unspecified atom stereocenters. The van der Waals surface area contributed by atoms with Crippen molar-refractivity contribution in [3.8, 4) is 11.5 Å². The van der Waals surface area contributed by atoms with Gasteiger partial charge in [-0.2, -0.15) is 0 Å². The smallest absolute Gasteiger partial charge is 0.296 e. The van der Waals surface area contributed by atoms with Crippen LogP contribution in [0.25, 0.3) is 0 Å². The third-order valence-electron chi connectivity index (χ3n) is 3.76. The van der Waals surface area contributed by atoms with E-state index in [1.54, 1.807) is 6.07 Å². The van der Waals surface area contributed by atoms with E-state index in [2.05, 4.69) is 5.32 Å². The fourth-order valence-corrected chi connectivity index (χ4v) is 2.78. The molecule has 1 aliphatic heterocycles. The number of ether oxygens (including phenoxy) is 2. The van der Waals surface area contributed by atoms with E-state index < -0.39 is 4.92 Å². The van der Waals surface area contributed by atoms with Gasteiger partial charge in [0, 0.05) is 18.2 Å². The van der Waals surface area contributed by atoms with Crippen LogP contribution in [0.5, 0.6) is 11.5 Å². The van der Waals surface area contributed by atoms with Gasteiger partial charge in [-0.15, -0.1) is 0 Å². The van der Waals surface area contributed by atoms with Gasteiger partial charge in [0.15, 0.2) is 11.5 Å². The van der Waals surface area contributed by atoms with Crippen molar-refractivity contribution in [3.05, 3.63) is 22.2 Å². The Morgan fingerprint density at radius 2 is 2.05 bits per heavy atom. The summed E-state index contributed by atoms with van der Waals surface area (Å²) in [5, 5.41) is 14.4. The molecule has 2 atom stereocenters. The van der Waals surface area contributed by atoms with Crippen LogP contribution in [-0.4, -0.2) is 23.8 Å². The molecule has 3 rings (SSSR count). The summed E-state index contributed by atoms with van der Waals surface area (Å²) in [4.78, 5) is 10.8. The Hall–Kier alpha value is -2.02. The molecular weight excluding hydrogens is 262 g/mol. The van der Waals surface area contributed by atoms with Gasteiger partial charge in [-0.3, -0.25) is 10.1 Å². The van der Waals surface area contributed by atoms with Gasteiger partial charge in [-0.05, 0) is 25.7 Å². The van der Waals surface area contributed by atoms with E-state index in [0.29, 0.717) is 17.2 Å². The third kappa shape index (κ3) is 2.49. The van der Waals surface area contributed by atoms with E-state index in [-0.39, 0.29) is 24.6 Å². The molecule has 0 spiro atoms. The number of fused-ring (bicyclic) bond motifs is 1. The van der Waals surface area contributed by atoms with Gasteiger partial charge in [-0.25, -0.2) is 0 Å². The zero-order valence-electron chi connectivity index (χ0n) is 11.0. The second-order valence-corrected chi connectivity index (χ2v) is 5.25. The van der Waals surface area contributed by atoms with Crippen LogP contribution in [0.1, 0.15) is 25.7 Å². The summed E-state index contributed by atoms with van der Waals surface area (Å²) in [5.74, 6) is 0.959. The number of nitro groups is 1. The average Bonchev–Trinajstić information content (AvgIpc) is 2.84. The van der Waals surface area contributed by atoms with Crippen molar-refractivity contribution in [2.24, 2.45) is 5.73 Å². The minimum absolute atomic E-state index is 0.00777. The van der Waals surface area contributed by atoms with Gasteiger partial charge in [-0.1, -0.05) is 0 Å². The second-order valence-electron chi connectivity index (χ2n) is 5.25. The van der Waals surface area contributed by atoms with Crippen molar-refractivity contribution >= 4 is 11.4 Å². The maximum atomic E-state index is 11.2.